The maximum atomic E-state index is 11.2. The first-order valence-electron chi connectivity index (χ1n) is 8.67. The fourth-order valence-corrected chi connectivity index (χ4v) is 1.82. The Labute approximate surface area is 176 Å². The Morgan fingerprint density at radius 2 is 1.21 bits per heavy atom. The van der Waals surface area contributed by atoms with Crippen molar-refractivity contribution in [3.63, 3.8) is 0 Å². The molecule has 0 amide bonds. The highest BCUT2D eigenvalue weighted by atomic mass is 16.5. The van der Waals surface area contributed by atoms with Crippen LogP contribution in [0.25, 0.3) is 12.2 Å². The zero-order valence-corrected chi connectivity index (χ0v) is 16.3. The lowest BCUT2D eigenvalue weighted by molar-refractivity contribution is 0.0526. The van der Waals surface area contributed by atoms with E-state index in [2.05, 4.69) is 13.2 Å². The van der Waals surface area contributed by atoms with E-state index in [1.807, 2.05) is 24.3 Å². The predicted molar refractivity (Wildman–Crippen MR) is 125 cm³/mol. The highest BCUT2D eigenvalue weighted by Gasteiger charge is 2.04. The van der Waals surface area contributed by atoms with Gasteiger partial charge in [0, 0.05) is 12.2 Å². The van der Waals surface area contributed by atoms with Crippen LogP contribution in [0.4, 0.5) is 0 Å². The molecule has 0 bridgehead atoms. The number of hydrogen-bond donors (Lipinski definition) is 1. The lowest BCUT2D eigenvalue weighted by Gasteiger charge is -2.01. The van der Waals surface area contributed by atoms with Crippen LogP contribution in [0.15, 0.2) is 61.7 Å². The number of ether oxygens (including phenoxy) is 1. The van der Waals surface area contributed by atoms with Gasteiger partial charge in [0.25, 0.3) is 0 Å². The maximum Gasteiger partial charge on any atom is 0.338 e. The number of aliphatic hydroxyl groups excluding tert-OH is 1. The minimum Gasteiger partial charge on any atom is -0.462 e. The molecule has 0 spiro atoms. The summed E-state index contributed by atoms with van der Waals surface area (Å²) in [7, 11) is 0. The number of ketones is 1. The van der Waals surface area contributed by atoms with Gasteiger partial charge in [-0.05, 0) is 44.0 Å². The Balaban J connectivity index is -0.000000390. The molecule has 0 radical (unpaired) electrons. The third-order valence-electron chi connectivity index (χ3n) is 3.21. The lowest BCUT2D eigenvalue weighted by Crippen LogP contribution is -2.03. The van der Waals surface area contributed by atoms with E-state index in [0.717, 1.165) is 16.7 Å². The summed E-state index contributed by atoms with van der Waals surface area (Å²) in [5.74, 6) is -0.182. The van der Waals surface area contributed by atoms with Gasteiger partial charge in [0.1, 0.15) is 0 Å². The van der Waals surface area contributed by atoms with Crippen LogP contribution in [-0.2, 0) is 4.74 Å². The van der Waals surface area contributed by atoms with E-state index in [1.54, 1.807) is 57.2 Å². The van der Waals surface area contributed by atoms with E-state index in [-0.39, 0.29) is 33.2 Å². The topological polar surface area (TPSA) is 63.6 Å². The lowest BCUT2D eigenvalue weighted by atomic mass is 10.1. The quantitative estimate of drug-likeness (QED) is 0.472. The van der Waals surface area contributed by atoms with Gasteiger partial charge in [-0.25, -0.2) is 4.79 Å². The van der Waals surface area contributed by atoms with Crippen molar-refractivity contribution >= 4 is 23.9 Å². The molecule has 29 heavy (non-hydrogen) atoms. The van der Waals surface area contributed by atoms with Crippen LogP contribution in [0.2, 0.25) is 0 Å². The first kappa shape index (κ1) is 30.7. The molecular formula is C25H36O4. The number of aliphatic hydroxyl groups is 1. The molecule has 4 heteroatoms. The second kappa shape index (κ2) is 18.4. The number of carbonyl (C=O) groups excluding carboxylic acids is 2. The molecule has 2 aromatic carbocycles. The summed E-state index contributed by atoms with van der Waals surface area (Å²) in [6.07, 6.45) is 3.48. The zero-order chi connectivity index (χ0) is 20.7. The molecule has 0 aliphatic carbocycles. The van der Waals surface area contributed by atoms with Crippen molar-refractivity contribution in [1.29, 1.82) is 0 Å². The Morgan fingerprint density at radius 1 is 0.862 bits per heavy atom. The van der Waals surface area contributed by atoms with Crippen LogP contribution >= 0.6 is 0 Å². The molecule has 0 unspecified atom stereocenters. The monoisotopic (exact) mass is 400 g/mol. The summed E-state index contributed by atoms with van der Waals surface area (Å²) in [6.45, 7) is 12.9. The van der Waals surface area contributed by atoms with Crippen LogP contribution in [0.1, 0.15) is 67.5 Å². The Bertz CT molecular complexity index is 713. The first-order chi connectivity index (χ1) is 12.9. The summed E-state index contributed by atoms with van der Waals surface area (Å²) in [5, 5.41) is 7.57. The van der Waals surface area contributed by atoms with Crippen molar-refractivity contribution in [2.24, 2.45) is 0 Å². The Morgan fingerprint density at radius 3 is 1.48 bits per heavy atom. The average molecular weight is 401 g/mol. The largest absolute Gasteiger partial charge is 0.462 e. The van der Waals surface area contributed by atoms with Crippen LogP contribution in [-0.4, -0.2) is 30.1 Å². The highest BCUT2D eigenvalue weighted by Crippen LogP contribution is 2.07. The normalized spacial score (nSPS) is 8.28. The molecule has 0 aliphatic rings. The predicted octanol–water partition coefficient (Wildman–Crippen LogP) is 6.31. The SMILES string of the molecule is C.C.C=Cc1ccc(C(=O)OCC)cc1.C=Cc1ccc(C(C)=O)cc1.CCO. The molecule has 0 aliphatic heterocycles. The number of rotatable bonds is 5. The molecule has 2 rings (SSSR count). The first-order valence-corrected chi connectivity index (χ1v) is 8.67. The summed E-state index contributed by atoms with van der Waals surface area (Å²) in [5.41, 5.74) is 3.35. The molecule has 160 valence electrons. The van der Waals surface area contributed by atoms with E-state index in [4.69, 9.17) is 9.84 Å². The molecule has 0 heterocycles. The summed E-state index contributed by atoms with van der Waals surface area (Å²) in [6, 6.07) is 14.5. The molecule has 0 fully saturated rings. The van der Waals surface area contributed by atoms with E-state index in [0.29, 0.717) is 12.2 Å². The third-order valence-corrected chi connectivity index (χ3v) is 3.21. The molecule has 0 atom stereocenters. The second-order valence-electron chi connectivity index (χ2n) is 5.25. The van der Waals surface area contributed by atoms with Crippen molar-refractivity contribution in [1.82, 2.24) is 0 Å². The Hall–Kier alpha value is -2.98. The number of benzene rings is 2. The van der Waals surface area contributed by atoms with Gasteiger partial charge in [0.15, 0.2) is 5.78 Å². The van der Waals surface area contributed by atoms with Gasteiger partial charge >= 0.3 is 5.97 Å². The van der Waals surface area contributed by atoms with Crippen molar-refractivity contribution in [2.75, 3.05) is 13.2 Å². The molecule has 0 saturated carbocycles. The average Bonchev–Trinajstić information content (AvgIpc) is 2.69. The fraction of sp³-hybridized carbons (Fsp3) is 0.280. The van der Waals surface area contributed by atoms with Crippen LogP contribution in [0, 0.1) is 0 Å². The van der Waals surface area contributed by atoms with E-state index >= 15 is 0 Å². The molecule has 2 aromatic rings. The van der Waals surface area contributed by atoms with Crippen molar-refractivity contribution in [3.05, 3.63) is 83.9 Å². The highest BCUT2D eigenvalue weighted by molar-refractivity contribution is 5.94. The third kappa shape index (κ3) is 12.9. The minimum atomic E-state index is -0.280. The van der Waals surface area contributed by atoms with E-state index < -0.39 is 0 Å². The van der Waals surface area contributed by atoms with E-state index in [9.17, 15) is 9.59 Å². The number of Topliss-reactive ketones (excluding diaryl/α,β-unsaturated/α-hetero) is 1. The molecule has 1 N–H and O–H groups in total. The number of hydrogen-bond acceptors (Lipinski definition) is 4. The standard InChI is InChI=1S/C11H12O2.C10H10O.C2H6O.2CH4/c1-3-9-5-7-10(8-6-9)11(12)13-4-2;1-3-9-4-6-10(7-5-9)8(2)11;1-2-3;;/h3,5-8H,1,4H2,2H3;3-7H,1H2,2H3;3H,2H2,1H3;2*1H4. The minimum absolute atomic E-state index is 0. The second-order valence-corrected chi connectivity index (χ2v) is 5.25. The van der Waals surface area contributed by atoms with Gasteiger partial charge in [0.05, 0.1) is 12.2 Å². The number of carbonyl (C=O) groups is 2. The van der Waals surface area contributed by atoms with Gasteiger partial charge in [0.2, 0.25) is 0 Å². The zero-order valence-electron chi connectivity index (χ0n) is 16.3. The smallest absolute Gasteiger partial charge is 0.338 e. The van der Waals surface area contributed by atoms with Gasteiger partial charge in [-0.2, -0.15) is 0 Å². The van der Waals surface area contributed by atoms with Gasteiger partial charge in [-0.3, -0.25) is 4.79 Å². The Kier molecular flexibility index (Phi) is 19.5. The van der Waals surface area contributed by atoms with Gasteiger partial charge < -0.3 is 9.84 Å². The fourth-order valence-electron chi connectivity index (χ4n) is 1.82. The molecular weight excluding hydrogens is 364 g/mol. The molecule has 0 aromatic heterocycles. The number of esters is 1. The van der Waals surface area contributed by atoms with Crippen molar-refractivity contribution in [3.8, 4) is 0 Å². The van der Waals surface area contributed by atoms with Crippen molar-refractivity contribution < 1.29 is 19.4 Å². The van der Waals surface area contributed by atoms with Crippen LogP contribution in [0.3, 0.4) is 0 Å². The van der Waals surface area contributed by atoms with Crippen LogP contribution in [0.5, 0.6) is 0 Å². The summed E-state index contributed by atoms with van der Waals surface area (Å²) < 4.78 is 4.84. The van der Waals surface area contributed by atoms with Gasteiger partial charge in [-0.15, -0.1) is 0 Å². The maximum absolute atomic E-state index is 11.2. The molecule has 0 saturated heterocycles. The van der Waals surface area contributed by atoms with E-state index in [1.165, 1.54) is 0 Å². The molecule has 4 nitrogen and oxygen atoms in total. The summed E-state index contributed by atoms with van der Waals surface area (Å²) >= 11 is 0. The van der Waals surface area contributed by atoms with Crippen molar-refractivity contribution in [2.45, 2.75) is 35.6 Å². The van der Waals surface area contributed by atoms with Crippen LogP contribution < -0.4 is 0 Å². The summed E-state index contributed by atoms with van der Waals surface area (Å²) in [4.78, 5) is 22.0. The van der Waals surface area contributed by atoms with Gasteiger partial charge in [-0.1, -0.05) is 76.6 Å².